The minimum absolute atomic E-state index is 0.163. The van der Waals surface area contributed by atoms with E-state index in [1.54, 1.807) is 0 Å². The fourth-order valence-corrected chi connectivity index (χ4v) is 1.63. The van der Waals surface area contributed by atoms with E-state index < -0.39 is 0 Å². The van der Waals surface area contributed by atoms with E-state index in [4.69, 9.17) is 5.73 Å². The molecule has 0 amide bonds. The van der Waals surface area contributed by atoms with Crippen LogP contribution in [0.1, 0.15) is 17.9 Å². The van der Waals surface area contributed by atoms with E-state index in [2.05, 4.69) is 0 Å². The molecule has 64 valence electrons. The fraction of sp³-hybridized carbons (Fsp3) is 0.400. The molecule has 12 heavy (non-hydrogen) atoms. The summed E-state index contributed by atoms with van der Waals surface area (Å²) in [5.74, 6) is 1.06. The number of benzene rings is 1. The third-order valence-electron chi connectivity index (χ3n) is 2.52. The molecular formula is C10H12FN. The second-order valence-corrected chi connectivity index (χ2v) is 3.39. The van der Waals surface area contributed by atoms with Gasteiger partial charge in [0.2, 0.25) is 0 Å². The van der Waals surface area contributed by atoms with E-state index in [0.29, 0.717) is 11.8 Å². The Morgan fingerprint density at radius 3 is 2.50 bits per heavy atom. The average Bonchev–Trinajstić information content (AvgIpc) is 2.85. The highest BCUT2D eigenvalue weighted by atomic mass is 19.1. The van der Waals surface area contributed by atoms with Crippen LogP contribution >= 0.6 is 0 Å². The second-order valence-electron chi connectivity index (χ2n) is 3.39. The van der Waals surface area contributed by atoms with Gasteiger partial charge in [0.15, 0.2) is 0 Å². The zero-order valence-electron chi connectivity index (χ0n) is 6.83. The van der Waals surface area contributed by atoms with Crippen molar-refractivity contribution in [1.29, 1.82) is 0 Å². The van der Waals surface area contributed by atoms with Gasteiger partial charge in [-0.2, -0.15) is 0 Å². The van der Waals surface area contributed by atoms with Crippen LogP contribution < -0.4 is 5.73 Å². The van der Waals surface area contributed by atoms with Crippen molar-refractivity contribution in [2.45, 2.75) is 12.3 Å². The summed E-state index contributed by atoms with van der Waals surface area (Å²) in [6.07, 6.45) is 1.17. The summed E-state index contributed by atoms with van der Waals surface area (Å²) in [6.45, 7) is 0.752. The highest BCUT2D eigenvalue weighted by Gasteiger charge is 2.36. The molecule has 0 aliphatic heterocycles. The van der Waals surface area contributed by atoms with Crippen molar-refractivity contribution in [3.8, 4) is 0 Å². The van der Waals surface area contributed by atoms with Gasteiger partial charge in [-0.15, -0.1) is 0 Å². The van der Waals surface area contributed by atoms with Crippen molar-refractivity contribution in [3.05, 3.63) is 35.6 Å². The van der Waals surface area contributed by atoms with Crippen LogP contribution in [0.2, 0.25) is 0 Å². The number of nitrogens with two attached hydrogens (primary N) is 1. The van der Waals surface area contributed by atoms with Crippen LogP contribution in [0.5, 0.6) is 0 Å². The molecule has 0 aromatic heterocycles. The van der Waals surface area contributed by atoms with Crippen molar-refractivity contribution in [3.63, 3.8) is 0 Å². The maximum absolute atomic E-state index is 12.5. The normalized spacial score (nSPS) is 27.2. The van der Waals surface area contributed by atoms with E-state index in [-0.39, 0.29) is 5.82 Å². The molecule has 1 aromatic carbocycles. The lowest BCUT2D eigenvalue weighted by Gasteiger charge is -1.97. The molecule has 1 aliphatic carbocycles. The molecule has 2 atom stereocenters. The smallest absolute Gasteiger partial charge is 0.123 e. The summed E-state index contributed by atoms with van der Waals surface area (Å²) in [7, 11) is 0. The number of rotatable bonds is 2. The first-order valence-corrected chi connectivity index (χ1v) is 4.27. The Morgan fingerprint density at radius 2 is 2.00 bits per heavy atom. The predicted octanol–water partition coefficient (Wildman–Crippen LogP) is 1.89. The average molecular weight is 165 g/mol. The second kappa shape index (κ2) is 2.87. The Labute approximate surface area is 71.4 Å². The Bertz CT molecular complexity index is 268. The van der Waals surface area contributed by atoms with Crippen LogP contribution in [0.4, 0.5) is 4.39 Å². The third kappa shape index (κ3) is 1.34. The molecule has 0 heterocycles. The summed E-state index contributed by atoms with van der Waals surface area (Å²) in [5, 5.41) is 0. The lowest BCUT2D eigenvalue weighted by Crippen LogP contribution is -2.01. The Morgan fingerprint density at radius 1 is 1.33 bits per heavy atom. The maximum Gasteiger partial charge on any atom is 0.123 e. The van der Waals surface area contributed by atoms with Gasteiger partial charge in [-0.25, -0.2) is 4.39 Å². The van der Waals surface area contributed by atoms with Gasteiger partial charge in [-0.1, -0.05) is 12.1 Å². The van der Waals surface area contributed by atoms with Crippen molar-refractivity contribution in [1.82, 2.24) is 0 Å². The SMILES string of the molecule is NCC1C[C@H]1c1ccc(F)cc1. The van der Waals surface area contributed by atoms with E-state index >= 15 is 0 Å². The van der Waals surface area contributed by atoms with Gasteiger partial charge in [0, 0.05) is 0 Å². The summed E-state index contributed by atoms with van der Waals surface area (Å²) in [6, 6.07) is 6.74. The molecule has 1 aromatic rings. The van der Waals surface area contributed by atoms with Crippen LogP contribution in [0.3, 0.4) is 0 Å². The summed E-state index contributed by atoms with van der Waals surface area (Å²) < 4.78 is 12.5. The highest BCUT2D eigenvalue weighted by Crippen LogP contribution is 2.46. The molecule has 1 fully saturated rings. The molecule has 1 saturated carbocycles. The van der Waals surface area contributed by atoms with Gasteiger partial charge < -0.3 is 5.73 Å². The summed E-state index contributed by atoms with van der Waals surface area (Å²) in [4.78, 5) is 0. The van der Waals surface area contributed by atoms with E-state index in [1.165, 1.54) is 24.1 Å². The minimum atomic E-state index is -0.163. The lowest BCUT2D eigenvalue weighted by molar-refractivity contribution is 0.626. The van der Waals surface area contributed by atoms with E-state index in [9.17, 15) is 4.39 Å². The van der Waals surface area contributed by atoms with Gasteiger partial charge in [0.25, 0.3) is 0 Å². The van der Waals surface area contributed by atoms with Crippen LogP contribution in [-0.4, -0.2) is 6.54 Å². The molecule has 1 unspecified atom stereocenters. The molecule has 0 saturated heterocycles. The van der Waals surface area contributed by atoms with Crippen molar-refractivity contribution >= 4 is 0 Å². The molecule has 0 radical (unpaired) electrons. The molecule has 1 nitrogen and oxygen atoms in total. The van der Waals surface area contributed by atoms with E-state index in [0.717, 1.165) is 6.54 Å². The number of hydrogen-bond acceptors (Lipinski definition) is 1. The fourth-order valence-electron chi connectivity index (χ4n) is 1.63. The van der Waals surface area contributed by atoms with Gasteiger partial charge >= 0.3 is 0 Å². The lowest BCUT2D eigenvalue weighted by atomic mass is 10.1. The van der Waals surface area contributed by atoms with Gasteiger partial charge in [0.05, 0.1) is 0 Å². The van der Waals surface area contributed by atoms with Gasteiger partial charge in [0.1, 0.15) is 5.82 Å². The van der Waals surface area contributed by atoms with Gasteiger partial charge in [-0.3, -0.25) is 0 Å². The maximum atomic E-state index is 12.5. The van der Waals surface area contributed by atoms with Crippen molar-refractivity contribution in [2.75, 3.05) is 6.54 Å². The molecule has 0 spiro atoms. The van der Waals surface area contributed by atoms with Crippen LogP contribution in [-0.2, 0) is 0 Å². The molecule has 0 bridgehead atoms. The summed E-state index contributed by atoms with van der Waals surface area (Å²) >= 11 is 0. The molecule has 1 aliphatic rings. The van der Waals surface area contributed by atoms with Crippen molar-refractivity contribution in [2.24, 2.45) is 11.7 Å². The Hall–Kier alpha value is -0.890. The molecule has 2 N–H and O–H groups in total. The first kappa shape index (κ1) is 7.74. The monoisotopic (exact) mass is 165 g/mol. The zero-order chi connectivity index (χ0) is 8.55. The third-order valence-corrected chi connectivity index (χ3v) is 2.52. The Balaban J connectivity index is 2.10. The molecule has 2 heteroatoms. The van der Waals surface area contributed by atoms with Crippen molar-refractivity contribution < 1.29 is 4.39 Å². The largest absolute Gasteiger partial charge is 0.330 e. The Kier molecular flexibility index (Phi) is 1.85. The first-order chi connectivity index (χ1) is 5.81. The van der Waals surface area contributed by atoms with Gasteiger partial charge in [-0.05, 0) is 42.5 Å². The van der Waals surface area contributed by atoms with Crippen LogP contribution in [0.25, 0.3) is 0 Å². The van der Waals surface area contributed by atoms with Crippen LogP contribution in [0.15, 0.2) is 24.3 Å². The predicted molar refractivity (Wildman–Crippen MR) is 46.3 cm³/mol. The topological polar surface area (TPSA) is 26.0 Å². The standard InChI is InChI=1S/C10H12FN/c11-9-3-1-7(2-4-9)10-5-8(10)6-12/h1-4,8,10H,5-6,12H2/t8?,10-/m0/s1. The summed E-state index contributed by atoms with van der Waals surface area (Å²) in [5.41, 5.74) is 6.75. The minimum Gasteiger partial charge on any atom is -0.330 e. The number of halogens is 1. The van der Waals surface area contributed by atoms with E-state index in [1.807, 2.05) is 12.1 Å². The molecule has 2 rings (SSSR count). The quantitative estimate of drug-likeness (QED) is 0.711. The number of hydrogen-bond donors (Lipinski definition) is 1. The first-order valence-electron chi connectivity index (χ1n) is 4.27. The highest BCUT2D eigenvalue weighted by molar-refractivity contribution is 5.26. The van der Waals surface area contributed by atoms with Crippen LogP contribution in [0, 0.1) is 11.7 Å². The molecular weight excluding hydrogens is 153 g/mol. The zero-order valence-corrected chi connectivity index (χ0v) is 6.83.